The zero-order chi connectivity index (χ0) is 13.8. The van der Waals surface area contributed by atoms with Gasteiger partial charge in [0, 0.05) is 19.6 Å². The van der Waals surface area contributed by atoms with E-state index in [4.69, 9.17) is 10.5 Å². The van der Waals surface area contributed by atoms with Gasteiger partial charge in [0.1, 0.15) is 5.60 Å². The van der Waals surface area contributed by atoms with Gasteiger partial charge in [0.15, 0.2) is 0 Å². The smallest absolute Gasteiger partial charge is 0.410 e. The highest BCUT2D eigenvalue weighted by Gasteiger charge is 2.29. The van der Waals surface area contributed by atoms with Gasteiger partial charge < -0.3 is 20.7 Å². The first-order valence-electron chi connectivity index (χ1n) is 6.26. The van der Waals surface area contributed by atoms with Gasteiger partial charge in [0.05, 0.1) is 6.54 Å². The lowest BCUT2D eigenvalue weighted by molar-refractivity contribution is -0.119. The molecule has 1 atom stereocenters. The van der Waals surface area contributed by atoms with Crippen LogP contribution in [0.15, 0.2) is 0 Å². The maximum atomic E-state index is 11.8. The Morgan fingerprint density at radius 3 is 2.67 bits per heavy atom. The fraction of sp³-hybridized carbons (Fsp3) is 0.833. The van der Waals surface area contributed by atoms with Crippen LogP contribution in [0.1, 0.15) is 27.2 Å². The molecule has 0 spiro atoms. The molecule has 0 saturated carbocycles. The van der Waals surface area contributed by atoms with Crippen molar-refractivity contribution < 1.29 is 14.3 Å². The summed E-state index contributed by atoms with van der Waals surface area (Å²) in [6, 6.07) is 0. The molecule has 1 saturated heterocycles. The molecular weight excluding hydrogens is 234 g/mol. The average molecular weight is 257 g/mol. The summed E-state index contributed by atoms with van der Waals surface area (Å²) in [5, 5.41) is 2.74. The molecule has 1 aliphatic heterocycles. The Morgan fingerprint density at radius 1 is 1.44 bits per heavy atom. The van der Waals surface area contributed by atoms with Crippen molar-refractivity contribution in [1.29, 1.82) is 0 Å². The maximum absolute atomic E-state index is 11.8. The van der Waals surface area contributed by atoms with Crippen LogP contribution in [0.5, 0.6) is 0 Å². The number of likely N-dealkylation sites (tertiary alicyclic amines) is 1. The molecule has 0 aromatic rings. The summed E-state index contributed by atoms with van der Waals surface area (Å²) in [4.78, 5) is 24.5. The molecule has 18 heavy (non-hydrogen) atoms. The monoisotopic (exact) mass is 257 g/mol. The van der Waals surface area contributed by atoms with E-state index in [1.54, 1.807) is 4.90 Å². The minimum atomic E-state index is -0.469. The fourth-order valence-electron chi connectivity index (χ4n) is 1.82. The Kier molecular flexibility index (Phi) is 4.95. The van der Waals surface area contributed by atoms with Crippen molar-refractivity contribution in [2.24, 2.45) is 11.7 Å². The summed E-state index contributed by atoms with van der Waals surface area (Å²) in [7, 11) is 0. The van der Waals surface area contributed by atoms with Crippen LogP contribution in [-0.2, 0) is 9.53 Å². The van der Waals surface area contributed by atoms with Crippen molar-refractivity contribution in [1.82, 2.24) is 10.2 Å². The van der Waals surface area contributed by atoms with E-state index in [0.717, 1.165) is 6.42 Å². The number of nitrogens with two attached hydrogens (primary N) is 1. The van der Waals surface area contributed by atoms with Gasteiger partial charge in [-0.25, -0.2) is 4.79 Å². The standard InChI is InChI=1S/C12H23N3O3/c1-12(2,3)18-11(17)15-5-4-9(8-15)7-14-10(16)6-13/h9H,4-8,13H2,1-3H3,(H,14,16). The van der Waals surface area contributed by atoms with E-state index < -0.39 is 5.60 Å². The van der Waals surface area contributed by atoms with Gasteiger partial charge in [-0.05, 0) is 33.1 Å². The Bertz CT molecular complexity index is 312. The minimum absolute atomic E-state index is 0.00248. The van der Waals surface area contributed by atoms with E-state index in [2.05, 4.69) is 5.32 Å². The number of carbonyl (C=O) groups excluding carboxylic acids is 2. The van der Waals surface area contributed by atoms with Crippen LogP contribution in [-0.4, -0.2) is 48.7 Å². The SMILES string of the molecule is CC(C)(C)OC(=O)N1CCC(CNC(=O)CN)C1. The van der Waals surface area contributed by atoms with E-state index in [9.17, 15) is 9.59 Å². The van der Waals surface area contributed by atoms with Crippen LogP contribution < -0.4 is 11.1 Å². The Labute approximate surface area is 108 Å². The first-order valence-corrected chi connectivity index (χ1v) is 6.26. The van der Waals surface area contributed by atoms with Gasteiger partial charge in [-0.2, -0.15) is 0 Å². The normalized spacial score (nSPS) is 19.8. The molecule has 1 aliphatic rings. The number of rotatable bonds is 3. The quantitative estimate of drug-likeness (QED) is 0.762. The van der Waals surface area contributed by atoms with Gasteiger partial charge in [-0.1, -0.05) is 0 Å². The summed E-state index contributed by atoms with van der Waals surface area (Å²) < 4.78 is 5.30. The lowest BCUT2D eigenvalue weighted by Gasteiger charge is -2.24. The first-order chi connectivity index (χ1) is 8.31. The van der Waals surface area contributed by atoms with Crippen molar-refractivity contribution in [3.05, 3.63) is 0 Å². The van der Waals surface area contributed by atoms with Crippen molar-refractivity contribution >= 4 is 12.0 Å². The maximum Gasteiger partial charge on any atom is 0.410 e. The molecule has 6 heteroatoms. The number of carbonyl (C=O) groups is 2. The van der Waals surface area contributed by atoms with E-state index in [0.29, 0.717) is 19.6 Å². The van der Waals surface area contributed by atoms with Crippen molar-refractivity contribution in [3.8, 4) is 0 Å². The third-order valence-electron chi connectivity index (χ3n) is 2.71. The summed E-state index contributed by atoms with van der Waals surface area (Å²) in [5.41, 5.74) is 4.74. The predicted molar refractivity (Wildman–Crippen MR) is 68.0 cm³/mol. The van der Waals surface area contributed by atoms with Crippen LogP contribution in [0.25, 0.3) is 0 Å². The number of amides is 2. The molecule has 6 nitrogen and oxygen atoms in total. The average Bonchev–Trinajstić information content (AvgIpc) is 2.72. The molecule has 0 aromatic carbocycles. The molecule has 1 heterocycles. The highest BCUT2D eigenvalue weighted by atomic mass is 16.6. The van der Waals surface area contributed by atoms with Gasteiger partial charge in [0.25, 0.3) is 0 Å². The number of nitrogens with one attached hydrogen (secondary N) is 1. The largest absolute Gasteiger partial charge is 0.444 e. The molecule has 0 bridgehead atoms. The Hall–Kier alpha value is -1.30. The molecule has 0 aliphatic carbocycles. The highest BCUT2D eigenvalue weighted by Crippen LogP contribution is 2.18. The van der Waals surface area contributed by atoms with Crippen molar-refractivity contribution in [2.45, 2.75) is 32.8 Å². The molecule has 0 aromatic heterocycles. The van der Waals surface area contributed by atoms with Gasteiger partial charge in [0.2, 0.25) is 5.91 Å². The van der Waals surface area contributed by atoms with Gasteiger partial charge in [-0.15, -0.1) is 0 Å². The lowest BCUT2D eigenvalue weighted by Crippen LogP contribution is -2.37. The summed E-state index contributed by atoms with van der Waals surface area (Å²) in [6.45, 7) is 7.41. The van der Waals surface area contributed by atoms with Crippen molar-refractivity contribution in [2.75, 3.05) is 26.2 Å². The molecule has 104 valence electrons. The fourth-order valence-corrected chi connectivity index (χ4v) is 1.82. The molecule has 3 N–H and O–H groups in total. The zero-order valence-corrected chi connectivity index (χ0v) is 11.4. The number of hydrogen-bond donors (Lipinski definition) is 2. The molecule has 0 radical (unpaired) electrons. The number of nitrogens with zero attached hydrogens (tertiary/aromatic N) is 1. The van der Waals surface area contributed by atoms with E-state index in [-0.39, 0.29) is 24.5 Å². The van der Waals surface area contributed by atoms with Crippen molar-refractivity contribution in [3.63, 3.8) is 0 Å². The molecule has 1 rings (SSSR count). The van der Waals surface area contributed by atoms with Gasteiger partial charge in [-0.3, -0.25) is 4.79 Å². The lowest BCUT2D eigenvalue weighted by atomic mass is 10.1. The topological polar surface area (TPSA) is 84.7 Å². The minimum Gasteiger partial charge on any atom is -0.444 e. The molecule has 2 amide bonds. The third kappa shape index (κ3) is 4.91. The first kappa shape index (κ1) is 14.8. The van der Waals surface area contributed by atoms with Crippen LogP contribution in [0.3, 0.4) is 0 Å². The third-order valence-corrected chi connectivity index (χ3v) is 2.71. The summed E-state index contributed by atoms with van der Waals surface area (Å²) in [6.07, 6.45) is 0.597. The summed E-state index contributed by atoms with van der Waals surface area (Å²) >= 11 is 0. The van der Waals surface area contributed by atoms with Crippen LogP contribution >= 0.6 is 0 Å². The highest BCUT2D eigenvalue weighted by molar-refractivity contribution is 5.77. The number of ether oxygens (including phenoxy) is 1. The van der Waals surface area contributed by atoms with E-state index in [1.165, 1.54) is 0 Å². The van der Waals surface area contributed by atoms with Crippen LogP contribution in [0, 0.1) is 5.92 Å². The van der Waals surface area contributed by atoms with Crippen LogP contribution in [0.4, 0.5) is 4.79 Å². The van der Waals surface area contributed by atoms with E-state index in [1.807, 2.05) is 20.8 Å². The van der Waals surface area contributed by atoms with E-state index >= 15 is 0 Å². The number of hydrogen-bond acceptors (Lipinski definition) is 4. The van der Waals surface area contributed by atoms with Gasteiger partial charge >= 0.3 is 6.09 Å². The second kappa shape index (κ2) is 6.04. The Morgan fingerprint density at radius 2 is 2.11 bits per heavy atom. The zero-order valence-electron chi connectivity index (χ0n) is 11.4. The molecule has 1 fully saturated rings. The molecular formula is C12H23N3O3. The Balaban J connectivity index is 2.32. The summed E-state index contributed by atoms with van der Waals surface area (Å²) in [5.74, 6) is 0.124. The van der Waals surface area contributed by atoms with Crippen LogP contribution in [0.2, 0.25) is 0 Å². The molecule has 1 unspecified atom stereocenters. The predicted octanol–water partition coefficient (Wildman–Crippen LogP) is 0.318. The second-order valence-electron chi connectivity index (χ2n) is 5.59. The second-order valence-corrected chi connectivity index (χ2v) is 5.59.